The lowest BCUT2D eigenvalue weighted by molar-refractivity contribution is 0.0468. The molecule has 1 heterocycles. The first kappa shape index (κ1) is 23.1. The zero-order valence-electron chi connectivity index (χ0n) is 16.5. The fourth-order valence-electron chi connectivity index (χ4n) is 2.40. The second-order valence-corrected chi connectivity index (χ2v) is 9.95. The number of hydrogen-bond donors (Lipinski definition) is 0. The first-order valence-corrected chi connectivity index (χ1v) is 11.6. The van der Waals surface area contributed by atoms with E-state index in [1.54, 1.807) is 5.38 Å². The molecule has 0 aliphatic heterocycles. The Labute approximate surface area is 188 Å². The molecule has 0 radical (unpaired) electrons. The smallest absolute Gasteiger partial charge is 0.338 e. The van der Waals surface area contributed by atoms with Crippen molar-refractivity contribution < 1.29 is 27.1 Å². The first-order valence-electron chi connectivity index (χ1n) is 8.87. The van der Waals surface area contributed by atoms with Gasteiger partial charge in [-0.3, -0.25) is 0 Å². The molecule has 0 N–H and O–H groups in total. The Morgan fingerprint density at radius 2 is 1.87 bits per heavy atom. The molecule has 3 aromatic rings. The van der Waals surface area contributed by atoms with Gasteiger partial charge in [0.1, 0.15) is 34.7 Å². The highest BCUT2D eigenvalue weighted by atomic mass is 35.5. The van der Waals surface area contributed by atoms with Crippen LogP contribution in [0.25, 0.3) is 0 Å². The van der Waals surface area contributed by atoms with Crippen LogP contribution in [0.4, 0.5) is 4.39 Å². The van der Waals surface area contributed by atoms with Crippen molar-refractivity contribution in [1.29, 1.82) is 0 Å². The largest absolute Gasteiger partial charge is 0.486 e. The monoisotopic (exact) mass is 484 g/mol. The number of rotatable bonds is 8. The third-order valence-electron chi connectivity index (χ3n) is 4.05. The molecule has 0 unspecified atom stereocenters. The minimum absolute atomic E-state index is 0.00977. The van der Waals surface area contributed by atoms with Crippen molar-refractivity contribution in [1.82, 2.24) is 9.29 Å². The van der Waals surface area contributed by atoms with Crippen LogP contribution in [0.1, 0.15) is 21.1 Å². The van der Waals surface area contributed by atoms with Crippen LogP contribution in [0.3, 0.4) is 0 Å². The predicted molar refractivity (Wildman–Crippen MR) is 114 cm³/mol. The molecule has 31 heavy (non-hydrogen) atoms. The summed E-state index contributed by atoms with van der Waals surface area (Å²) in [7, 11) is -1.07. The maximum absolute atomic E-state index is 12.9. The molecule has 0 aliphatic rings. The van der Waals surface area contributed by atoms with Crippen molar-refractivity contribution in [3.05, 3.63) is 74.9 Å². The standard InChI is InChI=1S/C20H18ClFN2O5S2/c1-24(2)31(26,27)18-9-13(3-8-17(18)21)20(25)29-10-15-12-30-19(23-15)11-28-16-6-4-14(22)5-7-16/h3-9,12H,10-11H2,1-2H3. The highest BCUT2D eigenvalue weighted by Gasteiger charge is 2.23. The SMILES string of the molecule is CN(C)S(=O)(=O)c1cc(C(=O)OCc2csc(COc3ccc(F)cc3)n2)ccc1Cl. The summed E-state index contributed by atoms with van der Waals surface area (Å²) in [5.41, 5.74) is 0.575. The topological polar surface area (TPSA) is 85.8 Å². The van der Waals surface area contributed by atoms with Gasteiger partial charge in [0.25, 0.3) is 0 Å². The van der Waals surface area contributed by atoms with Gasteiger partial charge in [0, 0.05) is 19.5 Å². The molecule has 0 fully saturated rings. The van der Waals surface area contributed by atoms with Gasteiger partial charge in [-0.15, -0.1) is 11.3 Å². The van der Waals surface area contributed by atoms with Gasteiger partial charge in [0.15, 0.2) is 0 Å². The second kappa shape index (κ2) is 9.73. The number of aromatic nitrogens is 1. The van der Waals surface area contributed by atoms with E-state index in [9.17, 15) is 17.6 Å². The second-order valence-electron chi connectivity index (χ2n) is 6.48. The summed E-state index contributed by atoms with van der Waals surface area (Å²) < 4.78 is 49.4. The third kappa shape index (κ3) is 5.79. The quantitative estimate of drug-likeness (QED) is 0.447. The van der Waals surface area contributed by atoms with E-state index < -0.39 is 16.0 Å². The lowest BCUT2D eigenvalue weighted by atomic mass is 10.2. The Balaban J connectivity index is 1.61. The van der Waals surface area contributed by atoms with Gasteiger partial charge in [-0.1, -0.05) is 11.6 Å². The number of carbonyl (C=O) groups is 1. The predicted octanol–water partition coefficient (Wildman–Crippen LogP) is 4.12. The molecule has 11 heteroatoms. The van der Waals surface area contributed by atoms with Crippen LogP contribution in [-0.2, 0) is 28.0 Å². The third-order valence-corrected chi connectivity index (χ3v) is 7.22. The average Bonchev–Trinajstić information content (AvgIpc) is 3.19. The van der Waals surface area contributed by atoms with E-state index in [1.807, 2.05) is 0 Å². The summed E-state index contributed by atoms with van der Waals surface area (Å²) in [6.07, 6.45) is 0. The molecule has 0 spiro atoms. The van der Waals surface area contributed by atoms with E-state index in [1.165, 1.54) is 67.9 Å². The number of thiazole rings is 1. The fourth-order valence-corrected chi connectivity index (χ4v) is 4.49. The fraction of sp³-hybridized carbons (Fsp3) is 0.200. The molecule has 0 aliphatic carbocycles. The zero-order chi connectivity index (χ0) is 22.6. The lowest BCUT2D eigenvalue weighted by Crippen LogP contribution is -2.23. The summed E-state index contributed by atoms with van der Waals surface area (Å²) in [5, 5.41) is 2.39. The van der Waals surface area contributed by atoms with Crippen molar-refractivity contribution in [2.45, 2.75) is 18.1 Å². The first-order chi connectivity index (χ1) is 14.7. The van der Waals surface area contributed by atoms with E-state index in [0.717, 1.165) is 4.31 Å². The van der Waals surface area contributed by atoms with E-state index >= 15 is 0 Å². The molecular weight excluding hydrogens is 467 g/mol. The molecule has 0 saturated carbocycles. The van der Waals surface area contributed by atoms with Crippen LogP contribution in [0.2, 0.25) is 5.02 Å². The summed E-state index contributed by atoms with van der Waals surface area (Å²) in [5.74, 6) is -0.544. The lowest BCUT2D eigenvalue weighted by Gasteiger charge is -2.13. The summed E-state index contributed by atoms with van der Waals surface area (Å²) in [6, 6.07) is 9.54. The summed E-state index contributed by atoms with van der Waals surface area (Å²) in [4.78, 5) is 16.5. The van der Waals surface area contributed by atoms with Crippen molar-refractivity contribution in [2.24, 2.45) is 0 Å². The minimum atomic E-state index is -3.81. The van der Waals surface area contributed by atoms with Crippen LogP contribution in [-0.4, -0.2) is 37.8 Å². The van der Waals surface area contributed by atoms with Gasteiger partial charge in [-0.2, -0.15) is 0 Å². The Hall–Kier alpha value is -2.53. The van der Waals surface area contributed by atoms with Gasteiger partial charge < -0.3 is 9.47 Å². The van der Waals surface area contributed by atoms with Gasteiger partial charge in [0.2, 0.25) is 10.0 Å². The van der Waals surface area contributed by atoms with Gasteiger partial charge in [-0.25, -0.2) is 26.9 Å². The number of esters is 1. The zero-order valence-corrected chi connectivity index (χ0v) is 18.9. The molecule has 3 rings (SSSR count). The average molecular weight is 485 g/mol. The maximum atomic E-state index is 12.9. The number of sulfonamides is 1. The van der Waals surface area contributed by atoms with Gasteiger partial charge in [0.05, 0.1) is 16.3 Å². The number of nitrogens with zero attached hydrogens (tertiary/aromatic N) is 2. The highest BCUT2D eigenvalue weighted by Crippen LogP contribution is 2.25. The van der Waals surface area contributed by atoms with Gasteiger partial charge in [-0.05, 0) is 42.5 Å². The van der Waals surface area contributed by atoms with E-state index in [-0.39, 0.29) is 34.5 Å². The highest BCUT2D eigenvalue weighted by molar-refractivity contribution is 7.89. The molecule has 164 valence electrons. The molecule has 2 aromatic carbocycles. The molecule has 0 amide bonds. The van der Waals surface area contributed by atoms with Crippen molar-refractivity contribution in [3.63, 3.8) is 0 Å². The number of ether oxygens (including phenoxy) is 2. The van der Waals surface area contributed by atoms with Crippen LogP contribution in [0, 0.1) is 5.82 Å². The Bertz CT molecular complexity index is 1180. The van der Waals surface area contributed by atoms with E-state index in [4.69, 9.17) is 21.1 Å². The van der Waals surface area contributed by atoms with Gasteiger partial charge >= 0.3 is 5.97 Å². The molecule has 7 nitrogen and oxygen atoms in total. The molecule has 0 bridgehead atoms. The van der Waals surface area contributed by atoms with Crippen molar-refractivity contribution in [2.75, 3.05) is 14.1 Å². The molecule has 0 atom stereocenters. The van der Waals surface area contributed by atoms with Crippen LogP contribution >= 0.6 is 22.9 Å². The Morgan fingerprint density at radius 3 is 2.55 bits per heavy atom. The molecular formula is C20H18ClFN2O5S2. The summed E-state index contributed by atoms with van der Waals surface area (Å²) >= 11 is 7.32. The Morgan fingerprint density at radius 1 is 1.16 bits per heavy atom. The molecule has 0 saturated heterocycles. The minimum Gasteiger partial charge on any atom is -0.486 e. The molecule has 1 aromatic heterocycles. The normalized spacial score (nSPS) is 11.5. The van der Waals surface area contributed by atoms with Crippen LogP contribution < -0.4 is 4.74 Å². The number of halogens is 2. The van der Waals surface area contributed by atoms with Crippen LogP contribution in [0.15, 0.2) is 52.7 Å². The number of benzene rings is 2. The Kier molecular flexibility index (Phi) is 7.26. The maximum Gasteiger partial charge on any atom is 0.338 e. The summed E-state index contributed by atoms with van der Waals surface area (Å²) in [6.45, 7) is 0.0947. The van der Waals surface area contributed by atoms with Crippen LogP contribution in [0.5, 0.6) is 5.75 Å². The van der Waals surface area contributed by atoms with E-state index in [2.05, 4.69) is 4.98 Å². The van der Waals surface area contributed by atoms with Crippen molar-refractivity contribution >= 4 is 38.9 Å². The number of hydrogen-bond acceptors (Lipinski definition) is 7. The van der Waals surface area contributed by atoms with Crippen molar-refractivity contribution in [3.8, 4) is 5.75 Å². The number of carbonyl (C=O) groups excluding carboxylic acids is 1. The van der Waals surface area contributed by atoms with E-state index in [0.29, 0.717) is 16.5 Å².